The van der Waals surface area contributed by atoms with Gasteiger partial charge in [-0.1, -0.05) is 13.8 Å². The molecule has 0 bridgehead atoms. The van der Waals surface area contributed by atoms with Gasteiger partial charge in [0, 0.05) is 14.1 Å². The van der Waals surface area contributed by atoms with E-state index in [-0.39, 0.29) is 17.1 Å². The summed E-state index contributed by atoms with van der Waals surface area (Å²) in [7, 11) is 2.88. The molecule has 2 unspecified atom stereocenters. The SMILES string of the molecule is CC(C(=O)NC(C)(C#N)C(C)C)n1cnc2c1c(=O)n(C)c(=O)n2C. The molecule has 0 aliphatic heterocycles. The molecule has 0 aliphatic rings. The monoisotopic (exact) mass is 346 g/mol. The lowest BCUT2D eigenvalue weighted by molar-refractivity contribution is -0.125. The van der Waals surface area contributed by atoms with E-state index in [1.54, 1.807) is 13.8 Å². The number of imidazole rings is 1. The fourth-order valence-corrected chi connectivity index (χ4v) is 2.45. The highest BCUT2D eigenvalue weighted by Gasteiger charge is 2.32. The van der Waals surface area contributed by atoms with Crippen LogP contribution in [-0.4, -0.2) is 30.1 Å². The third kappa shape index (κ3) is 2.84. The quantitative estimate of drug-likeness (QED) is 0.840. The molecule has 1 amide bonds. The summed E-state index contributed by atoms with van der Waals surface area (Å²) in [5.41, 5.74) is -1.67. The number of aryl methyl sites for hydroxylation is 1. The molecule has 2 rings (SSSR count). The Bertz CT molecular complexity index is 990. The Hall–Kier alpha value is -2.89. The van der Waals surface area contributed by atoms with Crippen molar-refractivity contribution in [2.24, 2.45) is 20.0 Å². The summed E-state index contributed by atoms with van der Waals surface area (Å²) < 4.78 is 3.65. The van der Waals surface area contributed by atoms with E-state index >= 15 is 0 Å². The number of hydrogen-bond donors (Lipinski definition) is 1. The van der Waals surface area contributed by atoms with Crippen LogP contribution in [-0.2, 0) is 18.9 Å². The molecule has 0 saturated carbocycles. The molecule has 0 radical (unpaired) electrons. The highest BCUT2D eigenvalue weighted by atomic mass is 16.2. The number of carbonyl (C=O) groups is 1. The third-order valence-electron chi connectivity index (χ3n) is 4.74. The molecule has 0 fully saturated rings. The van der Waals surface area contributed by atoms with Crippen LogP contribution in [0.15, 0.2) is 15.9 Å². The van der Waals surface area contributed by atoms with Gasteiger partial charge in [-0.2, -0.15) is 5.26 Å². The zero-order valence-electron chi connectivity index (χ0n) is 15.2. The number of aromatic nitrogens is 4. The smallest absolute Gasteiger partial charge is 0.332 e. The van der Waals surface area contributed by atoms with Gasteiger partial charge < -0.3 is 9.88 Å². The lowest BCUT2D eigenvalue weighted by atomic mass is 9.90. The molecule has 9 nitrogen and oxygen atoms in total. The minimum Gasteiger partial charge on any atom is -0.336 e. The number of nitrogens with one attached hydrogen (secondary N) is 1. The molecule has 0 saturated heterocycles. The first-order chi connectivity index (χ1) is 11.5. The van der Waals surface area contributed by atoms with E-state index in [0.717, 1.165) is 4.57 Å². The number of nitriles is 1. The van der Waals surface area contributed by atoms with Gasteiger partial charge in [-0.25, -0.2) is 9.78 Å². The second-order valence-electron chi connectivity index (χ2n) is 6.66. The van der Waals surface area contributed by atoms with Crippen molar-refractivity contribution in [2.75, 3.05) is 0 Å². The maximum atomic E-state index is 12.6. The van der Waals surface area contributed by atoms with Gasteiger partial charge in [-0.15, -0.1) is 0 Å². The average Bonchev–Trinajstić information content (AvgIpc) is 3.01. The van der Waals surface area contributed by atoms with Crippen LogP contribution in [0.5, 0.6) is 0 Å². The fourth-order valence-electron chi connectivity index (χ4n) is 2.45. The van der Waals surface area contributed by atoms with Crippen LogP contribution in [0.2, 0.25) is 0 Å². The molecule has 1 N–H and O–H groups in total. The van der Waals surface area contributed by atoms with E-state index in [1.165, 1.54) is 29.6 Å². The van der Waals surface area contributed by atoms with Crippen LogP contribution in [0.1, 0.15) is 33.7 Å². The molecule has 9 heteroatoms. The Morgan fingerprint density at radius 1 is 1.28 bits per heavy atom. The minimum absolute atomic E-state index is 0.0955. The number of hydrogen-bond acceptors (Lipinski definition) is 5. The van der Waals surface area contributed by atoms with E-state index in [4.69, 9.17) is 0 Å². The lowest BCUT2D eigenvalue weighted by Crippen LogP contribution is -2.50. The van der Waals surface area contributed by atoms with Gasteiger partial charge in [0.1, 0.15) is 11.6 Å². The van der Waals surface area contributed by atoms with Crippen molar-refractivity contribution in [2.45, 2.75) is 39.3 Å². The van der Waals surface area contributed by atoms with Crippen molar-refractivity contribution in [1.29, 1.82) is 5.26 Å². The van der Waals surface area contributed by atoms with Crippen molar-refractivity contribution < 1.29 is 4.79 Å². The van der Waals surface area contributed by atoms with Crippen molar-refractivity contribution in [1.82, 2.24) is 24.0 Å². The first kappa shape index (κ1) is 18.4. The van der Waals surface area contributed by atoms with Gasteiger partial charge in [0.15, 0.2) is 11.2 Å². The molecular formula is C16H22N6O3. The molecule has 0 spiro atoms. The summed E-state index contributed by atoms with van der Waals surface area (Å²) >= 11 is 0. The van der Waals surface area contributed by atoms with E-state index < -0.39 is 28.7 Å². The van der Waals surface area contributed by atoms with E-state index in [0.29, 0.717) is 0 Å². The first-order valence-corrected chi connectivity index (χ1v) is 7.91. The van der Waals surface area contributed by atoms with Crippen LogP contribution in [0, 0.1) is 17.2 Å². The fraction of sp³-hybridized carbons (Fsp3) is 0.562. The number of fused-ring (bicyclic) bond motifs is 1. The predicted molar refractivity (Wildman–Crippen MR) is 91.9 cm³/mol. The lowest BCUT2D eigenvalue weighted by Gasteiger charge is -2.29. The normalized spacial score (nSPS) is 15.0. The third-order valence-corrected chi connectivity index (χ3v) is 4.74. The van der Waals surface area contributed by atoms with Crippen LogP contribution in [0.4, 0.5) is 0 Å². The summed E-state index contributed by atoms with van der Waals surface area (Å²) in [6.45, 7) is 6.94. The van der Waals surface area contributed by atoms with Gasteiger partial charge in [-0.3, -0.25) is 18.7 Å². The molecular weight excluding hydrogens is 324 g/mol. The standard InChI is InChI=1S/C16H22N6O3/c1-9(2)16(4,7-17)19-13(23)10(3)22-8-18-12-11(22)14(24)21(6)15(25)20(12)5/h8-10H,1-6H3,(H,19,23). The Balaban J connectivity index is 2.53. The highest BCUT2D eigenvalue weighted by Crippen LogP contribution is 2.18. The topological polar surface area (TPSA) is 115 Å². The summed E-state index contributed by atoms with van der Waals surface area (Å²) in [5, 5.41) is 12.1. The van der Waals surface area contributed by atoms with E-state index in [2.05, 4.69) is 16.4 Å². The van der Waals surface area contributed by atoms with Gasteiger partial charge in [0.2, 0.25) is 5.91 Å². The van der Waals surface area contributed by atoms with Gasteiger partial charge in [-0.05, 0) is 19.8 Å². The number of nitrogens with zero attached hydrogens (tertiary/aromatic N) is 5. The van der Waals surface area contributed by atoms with Crippen molar-refractivity contribution in [3.05, 3.63) is 27.2 Å². The summed E-state index contributed by atoms with van der Waals surface area (Å²) in [4.78, 5) is 41.2. The predicted octanol–water partition coefficient (Wildman–Crippen LogP) is 0.0492. The molecule has 25 heavy (non-hydrogen) atoms. The Morgan fingerprint density at radius 2 is 1.88 bits per heavy atom. The highest BCUT2D eigenvalue weighted by molar-refractivity contribution is 5.83. The van der Waals surface area contributed by atoms with Crippen LogP contribution in [0.25, 0.3) is 11.2 Å². The number of amides is 1. The second-order valence-corrected chi connectivity index (χ2v) is 6.66. The van der Waals surface area contributed by atoms with E-state index in [1.807, 2.05) is 13.8 Å². The largest absolute Gasteiger partial charge is 0.336 e. The van der Waals surface area contributed by atoms with Crippen LogP contribution in [0.3, 0.4) is 0 Å². The van der Waals surface area contributed by atoms with Gasteiger partial charge in [0.25, 0.3) is 5.56 Å². The summed E-state index contributed by atoms with van der Waals surface area (Å²) in [6, 6.07) is 1.34. The molecule has 0 aliphatic carbocycles. The average molecular weight is 346 g/mol. The Labute approximate surface area is 144 Å². The van der Waals surface area contributed by atoms with E-state index in [9.17, 15) is 19.6 Å². The number of carbonyl (C=O) groups excluding carboxylic acids is 1. The molecule has 2 aromatic heterocycles. The van der Waals surface area contributed by atoms with Crippen LogP contribution >= 0.6 is 0 Å². The maximum Gasteiger partial charge on any atom is 0.332 e. The molecule has 2 aromatic rings. The Morgan fingerprint density at radius 3 is 2.40 bits per heavy atom. The maximum absolute atomic E-state index is 12.6. The van der Waals surface area contributed by atoms with Crippen LogP contribution < -0.4 is 16.6 Å². The molecule has 0 aromatic carbocycles. The second kappa shape index (κ2) is 6.20. The van der Waals surface area contributed by atoms with Crippen molar-refractivity contribution in [3.8, 4) is 6.07 Å². The van der Waals surface area contributed by atoms with Gasteiger partial charge >= 0.3 is 5.69 Å². The van der Waals surface area contributed by atoms with Gasteiger partial charge in [0.05, 0.1) is 12.4 Å². The Kier molecular flexibility index (Phi) is 4.57. The zero-order chi connectivity index (χ0) is 19.1. The zero-order valence-corrected chi connectivity index (χ0v) is 15.2. The van der Waals surface area contributed by atoms with Crippen molar-refractivity contribution >= 4 is 17.1 Å². The van der Waals surface area contributed by atoms with Crippen molar-refractivity contribution in [3.63, 3.8) is 0 Å². The molecule has 2 atom stereocenters. The summed E-state index contributed by atoms with van der Waals surface area (Å²) in [5.74, 6) is -0.505. The molecule has 2 heterocycles. The minimum atomic E-state index is -1.03. The molecule has 134 valence electrons. The number of rotatable bonds is 4. The summed E-state index contributed by atoms with van der Waals surface area (Å²) in [6.07, 6.45) is 1.36. The first-order valence-electron chi connectivity index (χ1n) is 7.91.